The van der Waals surface area contributed by atoms with E-state index >= 15 is 0 Å². The Morgan fingerprint density at radius 2 is 2.22 bits per heavy atom. The number of anilines is 1. The Morgan fingerprint density at radius 1 is 1.56 bits per heavy atom. The van der Waals surface area contributed by atoms with Crippen molar-refractivity contribution in [3.63, 3.8) is 0 Å². The van der Waals surface area contributed by atoms with Crippen LogP contribution in [-0.2, 0) is 4.79 Å². The van der Waals surface area contributed by atoms with Crippen molar-refractivity contribution in [3.05, 3.63) is 22.2 Å². The van der Waals surface area contributed by atoms with Gasteiger partial charge in [0.2, 0.25) is 0 Å². The molecule has 0 amide bonds. The predicted molar refractivity (Wildman–Crippen MR) is 68.7 cm³/mol. The second kappa shape index (κ2) is 6.18. The van der Waals surface area contributed by atoms with E-state index < -0.39 is 11.9 Å². The maximum absolute atomic E-state index is 11.2. The molecule has 0 spiro atoms. The first-order chi connectivity index (χ1) is 8.38. The van der Waals surface area contributed by atoms with Crippen LogP contribution in [0.3, 0.4) is 0 Å². The summed E-state index contributed by atoms with van der Waals surface area (Å²) in [5.41, 5.74) is -0.249. The van der Waals surface area contributed by atoms with Crippen LogP contribution in [-0.4, -0.2) is 27.6 Å². The van der Waals surface area contributed by atoms with Crippen LogP contribution in [0.5, 0.6) is 0 Å². The molecule has 0 bridgehead atoms. The third kappa shape index (κ3) is 4.57. The van der Waals surface area contributed by atoms with Crippen LogP contribution >= 0.6 is 0 Å². The van der Waals surface area contributed by atoms with Crippen molar-refractivity contribution in [2.75, 3.05) is 11.9 Å². The molecule has 1 heterocycles. The topological polar surface area (TPSA) is 95.1 Å². The third-order valence-corrected chi connectivity index (χ3v) is 2.49. The summed E-state index contributed by atoms with van der Waals surface area (Å²) in [6.07, 6.45) is 0.588. The zero-order chi connectivity index (χ0) is 13.7. The minimum atomic E-state index is -0.835. The Kier molecular flexibility index (Phi) is 4.88. The molecule has 18 heavy (non-hydrogen) atoms. The number of H-pyrrole nitrogens is 1. The van der Waals surface area contributed by atoms with Gasteiger partial charge in [0.15, 0.2) is 0 Å². The standard InChI is InChI=1S/C12H19N3O3/c1-7(2)4-9(12(17)18)6-13-10-5-11(16)15-8(3)14-10/h5,7,9H,4,6H2,1-3H3,(H,17,18)(H2,13,14,15,16). The molecule has 1 aromatic rings. The van der Waals surface area contributed by atoms with Gasteiger partial charge < -0.3 is 15.4 Å². The fourth-order valence-electron chi connectivity index (χ4n) is 1.74. The number of nitrogens with one attached hydrogen (secondary N) is 2. The van der Waals surface area contributed by atoms with Crippen LogP contribution < -0.4 is 10.9 Å². The van der Waals surface area contributed by atoms with E-state index in [9.17, 15) is 9.59 Å². The summed E-state index contributed by atoms with van der Waals surface area (Å²) in [7, 11) is 0. The number of aromatic amines is 1. The number of aromatic nitrogens is 2. The normalized spacial score (nSPS) is 12.4. The molecule has 0 aromatic carbocycles. The van der Waals surface area contributed by atoms with Crippen molar-refractivity contribution in [2.45, 2.75) is 27.2 Å². The Hall–Kier alpha value is -1.85. The van der Waals surface area contributed by atoms with Crippen molar-refractivity contribution in [1.29, 1.82) is 0 Å². The second-order valence-electron chi connectivity index (χ2n) is 4.76. The smallest absolute Gasteiger partial charge is 0.308 e. The summed E-state index contributed by atoms with van der Waals surface area (Å²) in [6, 6.07) is 1.32. The fraction of sp³-hybridized carbons (Fsp3) is 0.583. The van der Waals surface area contributed by atoms with E-state index in [4.69, 9.17) is 5.11 Å². The van der Waals surface area contributed by atoms with Crippen molar-refractivity contribution < 1.29 is 9.90 Å². The molecule has 3 N–H and O–H groups in total. The van der Waals surface area contributed by atoms with Crippen molar-refractivity contribution in [1.82, 2.24) is 9.97 Å². The fourth-order valence-corrected chi connectivity index (χ4v) is 1.74. The lowest BCUT2D eigenvalue weighted by Gasteiger charge is -2.15. The van der Waals surface area contributed by atoms with Gasteiger partial charge in [-0.25, -0.2) is 4.98 Å². The number of hydrogen-bond acceptors (Lipinski definition) is 4. The summed E-state index contributed by atoms with van der Waals surface area (Å²) in [4.78, 5) is 28.9. The quantitative estimate of drug-likeness (QED) is 0.709. The summed E-state index contributed by atoms with van der Waals surface area (Å²) in [6.45, 7) is 5.90. The van der Waals surface area contributed by atoms with Crippen LogP contribution in [0.2, 0.25) is 0 Å². The maximum Gasteiger partial charge on any atom is 0.308 e. The van der Waals surface area contributed by atoms with Crippen LogP contribution in [0, 0.1) is 18.8 Å². The Labute approximate surface area is 105 Å². The van der Waals surface area contributed by atoms with Gasteiger partial charge in [0.05, 0.1) is 5.92 Å². The van der Waals surface area contributed by atoms with E-state index in [-0.39, 0.29) is 12.1 Å². The molecule has 0 saturated heterocycles. The number of rotatable bonds is 6. The van der Waals surface area contributed by atoms with Gasteiger partial charge in [0, 0.05) is 12.6 Å². The number of hydrogen-bond donors (Lipinski definition) is 3. The number of aliphatic carboxylic acids is 1. The van der Waals surface area contributed by atoms with Crippen LogP contribution in [0.4, 0.5) is 5.82 Å². The first-order valence-electron chi connectivity index (χ1n) is 5.93. The molecule has 0 saturated carbocycles. The molecule has 6 nitrogen and oxygen atoms in total. The predicted octanol–water partition coefficient (Wildman–Crippen LogP) is 1.24. The van der Waals surface area contributed by atoms with Crippen molar-refractivity contribution >= 4 is 11.8 Å². The summed E-state index contributed by atoms with van der Waals surface area (Å²) >= 11 is 0. The molecule has 0 aliphatic heterocycles. The lowest BCUT2D eigenvalue weighted by molar-refractivity contribution is -0.141. The molecule has 1 aromatic heterocycles. The number of aryl methyl sites for hydroxylation is 1. The van der Waals surface area contributed by atoms with Gasteiger partial charge in [-0.15, -0.1) is 0 Å². The van der Waals surface area contributed by atoms with E-state index in [2.05, 4.69) is 15.3 Å². The summed E-state index contributed by atoms with van der Waals surface area (Å²) in [5, 5.41) is 12.0. The molecule has 0 aliphatic rings. The number of carboxylic acid groups (broad SMARTS) is 1. The lowest BCUT2D eigenvalue weighted by Crippen LogP contribution is -2.25. The highest BCUT2D eigenvalue weighted by Crippen LogP contribution is 2.12. The Morgan fingerprint density at radius 3 is 2.72 bits per heavy atom. The van der Waals surface area contributed by atoms with E-state index in [0.29, 0.717) is 24.0 Å². The zero-order valence-electron chi connectivity index (χ0n) is 10.9. The SMILES string of the molecule is Cc1nc(NCC(CC(C)C)C(=O)O)cc(=O)[nH]1. The van der Waals surface area contributed by atoms with E-state index in [0.717, 1.165) is 0 Å². The minimum absolute atomic E-state index is 0.249. The molecular weight excluding hydrogens is 234 g/mol. The molecule has 0 radical (unpaired) electrons. The molecule has 100 valence electrons. The van der Waals surface area contributed by atoms with E-state index in [1.807, 2.05) is 13.8 Å². The molecular formula is C12H19N3O3. The first-order valence-corrected chi connectivity index (χ1v) is 5.93. The van der Waals surface area contributed by atoms with Gasteiger partial charge in [0.1, 0.15) is 11.6 Å². The van der Waals surface area contributed by atoms with Crippen LogP contribution in [0.15, 0.2) is 10.9 Å². The highest BCUT2D eigenvalue weighted by atomic mass is 16.4. The lowest BCUT2D eigenvalue weighted by atomic mass is 9.97. The third-order valence-electron chi connectivity index (χ3n) is 2.49. The first kappa shape index (κ1) is 14.2. The number of nitrogens with zero attached hydrogens (tertiary/aromatic N) is 1. The molecule has 1 rings (SSSR count). The van der Waals surface area contributed by atoms with Gasteiger partial charge in [-0.3, -0.25) is 9.59 Å². The second-order valence-corrected chi connectivity index (χ2v) is 4.76. The zero-order valence-corrected chi connectivity index (χ0v) is 10.9. The summed E-state index contributed by atoms with van der Waals surface area (Å²) < 4.78 is 0. The maximum atomic E-state index is 11.2. The number of carbonyl (C=O) groups is 1. The molecule has 0 fully saturated rings. The molecule has 1 atom stereocenters. The van der Waals surface area contributed by atoms with Crippen LogP contribution in [0.25, 0.3) is 0 Å². The average molecular weight is 253 g/mol. The van der Waals surface area contributed by atoms with Crippen molar-refractivity contribution in [2.24, 2.45) is 11.8 Å². The van der Waals surface area contributed by atoms with Gasteiger partial charge in [0.25, 0.3) is 5.56 Å². The molecule has 0 aliphatic carbocycles. The van der Waals surface area contributed by atoms with Gasteiger partial charge in [-0.05, 0) is 19.3 Å². The monoisotopic (exact) mass is 253 g/mol. The average Bonchev–Trinajstić information content (AvgIpc) is 2.21. The highest BCUT2D eigenvalue weighted by molar-refractivity contribution is 5.70. The van der Waals surface area contributed by atoms with E-state index in [1.165, 1.54) is 6.07 Å². The van der Waals surface area contributed by atoms with Gasteiger partial charge in [-0.1, -0.05) is 13.8 Å². The summed E-state index contributed by atoms with van der Waals surface area (Å²) in [5.74, 6) is -0.0991. The largest absolute Gasteiger partial charge is 0.481 e. The Balaban J connectivity index is 2.66. The van der Waals surface area contributed by atoms with Crippen LogP contribution in [0.1, 0.15) is 26.1 Å². The highest BCUT2D eigenvalue weighted by Gasteiger charge is 2.18. The Bertz CT molecular complexity index is 468. The molecule has 6 heteroatoms. The van der Waals surface area contributed by atoms with E-state index in [1.54, 1.807) is 6.92 Å². The van der Waals surface area contributed by atoms with Crippen molar-refractivity contribution in [3.8, 4) is 0 Å². The molecule has 1 unspecified atom stereocenters. The van der Waals surface area contributed by atoms with Gasteiger partial charge >= 0.3 is 5.97 Å². The number of carboxylic acids is 1. The van der Waals surface area contributed by atoms with Gasteiger partial charge in [-0.2, -0.15) is 0 Å². The minimum Gasteiger partial charge on any atom is -0.481 e.